The lowest BCUT2D eigenvalue weighted by Gasteiger charge is -2.00. The Hall–Kier alpha value is -2.18. The number of nitrogens with one attached hydrogen (secondary N) is 1. The summed E-state index contributed by atoms with van der Waals surface area (Å²) in [5.74, 6) is -0.607. The maximum absolute atomic E-state index is 10.8. The van der Waals surface area contributed by atoms with Crippen LogP contribution < -0.4 is 0 Å². The van der Waals surface area contributed by atoms with Gasteiger partial charge in [0, 0.05) is 6.54 Å². The lowest BCUT2D eigenvalue weighted by molar-refractivity contribution is 0.0692. The second-order valence-electron chi connectivity index (χ2n) is 2.83. The predicted molar refractivity (Wildman–Crippen MR) is 50.2 cm³/mol. The lowest BCUT2D eigenvalue weighted by Crippen LogP contribution is -2.04. The molecule has 0 aliphatic heterocycles. The Morgan fingerprint density at radius 2 is 2.40 bits per heavy atom. The van der Waals surface area contributed by atoms with Crippen LogP contribution in [0.3, 0.4) is 0 Å². The Kier molecular flexibility index (Phi) is 2.20. The molecule has 0 radical (unpaired) electrons. The van der Waals surface area contributed by atoms with E-state index in [-0.39, 0.29) is 5.69 Å². The number of nitrogens with zero attached hydrogens (tertiary/aromatic N) is 4. The van der Waals surface area contributed by atoms with Crippen molar-refractivity contribution in [2.75, 3.05) is 0 Å². The molecular formula is C8H9N5O2. The molecule has 2 rings (SSSR count). The van der Waals surface area contributed by atoms with Crippen molar-refractivity contribution in [2.24, 2.45) is 0 Å². The van der Waals surface area contributed by atoms with Gasteiger partial charge >= 0.3 is 5.97 Å². The van der Waals surface area contributed by atoms with Crippen LogP contribution in [-0.4, -0.2) is 35.8 Å². The fourth-order valence-corrected chi connectivity index (χ4v) is 1.31. The average molecular weight is 207 g/mol. The smallest absolute Gasteiger partial charge is 0.354 e. The van der Waals surface area contributed by atoms with Crippen LogP contribution in [0.5, 0.6) is 0 Å². The van der Waals surface area contributed by atoms with E-state index in [1.165, 1.54) is 12.7 Å². The van der Waals surface area contributed by atoms with E-state index < -0.39 is 5.97 Å². The first-order valence-electron chi connectivity index (χ1n) is 4.39. The van der Waals surface area contributed by atoms with Crippen molar-refractivity contribution in [3.05, 3.63) is 18.3 Å². The van der Waals surface area contributed by atoms with Gasteiger partial charge in [-0.05, 0) is 6.92 Å². The van der Waals surface area contributed by atoms with E-state index in [1.54, 1.807) is 4.68 Å². The number of rotatable bonds is 3. The summed E-state index contributed by atoms with van der Waals surface area (Å²) in [6.07, 6.45) is 2.70. The second-order valence-corrected chi connectivity index (χ2v) is 2.83. The molecule has 0 spiro atoms. The predicted octanol–water partition coefficient (Wildman–Crippen LogP) is 0.386. The van der Waals surface area contributed by atoms with Crippen molar-refractivity contribution in [3.8, 4) is 11.5 Å². The van der Waals surface area contributed by atoms with Crippen molar-refractivity contribution < 1.29 is 9.90 Å². The molecular weight excluding hydrogens is 198 g/mol. The average Bonchev–Trinajstić information content (AvgIpc) is 2.85. The first kappa shape index (κ1) is 9.38. The van der Waals surface area contributed by atoms with Gasteiger partial charge in [0.25, 0.3) is 0 Å². The molecule has 78 valence electrons. The third-order valence-corrected chi connectivity index (χ3v) is 1.98. The van der Waals surface area contributed by atoms with Gasteiger partial charge < -0.3 is 10.1 Å². The molecule has 2 N–H and O–H groups in total. The van der Waals surface area contributed by atoms with E-state index in [2.05, 4.69) is 20.1 Å². The number of carboxylic acid groups (broad SMARTS) is 1. The van der Waals surface area contributed by atoms with E-state index in [9.17, 15) is 4.79 Å². The maximum atomic E-state index is 10.8. The highest BCUT2D eigenvalue weighted by atomic mass is 16.4. The number of carbonyl (C=O) groups is 1. The third kappa shape index (κ3) is 1.47. The molecule has 0 unspecified atom stereocenters. The summed E-state index contributed by atoms with van der Waals surface area (Å²) < 4.78 is 1.59. The molecule has 7 nitrogen and oxygen atoms in total. The number of imidazole rings is 1. The molecule has 0 aromatic carbocycles. The molecule has 0 atom stereocenters. The number of H-pyrrole nitrogens is 1. The van der Waals surface area contributed by atoms with Gasteiger partial charge in [-0.1, -0.05) is 0 Å². The Bertz CT molecular complexity index is 487. The molecule has 0 fully saturated rings. The topological polar surface area (TPSA) is 96.7 Å². The Balaban J connectivity index is 2.54. The molecule has 2 heterocycles. The van der Waals surface area contributed by atoms with Crippen LogP contribution in [0.4, 0.5) is 0 Å². The van der Waals surface area contributed by atoms with Crippen LogP contribution in [0.2, 0.25) is 0 Å². The zero-order valence-corrected chi connectivity index (χ0v) is 8.01. The highest BCUT2D eigenvalue weighted by Crippen LogP contribution is 2.17. The van der Waals surface area contributed by atoms with Gasteiger partial charge in [0.15, 0.2) is 11.5 Å². The van der Waals surface area contributed by atoms with Crippen LogP contribution in [0.25, 0.3) is 11.5 Å². The summed E-state index contributed by atoms with van der Waals surface area (Å²) in [4.78, 5) is 21.3. The number of aromatic nitrogens is 5. The summed E-state index contributed by atoms with van der Waals surface area (Å²) in [5, 5.41) is 12.8. The van der Waals surface area contributed by atoms with Crippen molar-refractivity contribution in [3.63, 3.8) is 0 Å². The normalized spacial score (nSPS) is 10.5. The van der Waals surface area contributed by atoms with E-state index in [1.807, 2.05) is 6.92 Å². The van der Waals surface area contributed by atoms with Crippen LogP contribution in [-0.2, 0) is 6.54 Å². The second kappa shape index (κ2) is 3.52. The highest BCUT2D eigenvalue weighted by molar-refractivity contribution is 5.91. The molecule has 2 aromatic heterocycles. The molecule has 7 heteroatoms. The largest absolute Gasteiger partial charge is 0.477 e. The standard InChI is InChI=1S/C8H9N5O2/c1-2-13-7(11-4-12-13)5-6(8(14)15)10-3-9-5/h3-4H,2H2,1H3,(H,9,10)(H,14,15). The van der Waals surface area contributed by atoms with Crippen LogP contribution in [0.15, 0.2) is 12.7 Å². The number of aryl methyl sites for hydroxylation is 1. The Labute approximate surface area is 84.8 Å². The summed E-state index contributed by atoms with van der Waals surface area (Å²) in [7, 11) is 0. The summed E-state index contributed by atoms with van der Waals surface area (Å²) in [5.41, 5.74) is 0.333. The van der Waals surface area contributed by atoms with Crippen LogP contribution in [0.1, 0.15) is 17.4 Å². The molecule has 0 saturated heterocycles. The quantitative estimate of drug-likeness (QED) is 0.758. The number of carboxylic acids is 1. The third-order valence-electron chi connectivity index (χ3n) is 1.98. The molecule has 0 amide bonds. The summed E-state index contributed by atoms with van der Waals surface area (Å²) >= 11 is 0. The summed E-state index contributed by atoms with van der Waals surface area (Å²) in [6.45, 7) is 2.51. The van der Waals surface area contributed by atoms with Crippen molar-refractivity contribution in [2.45, 2.75) is 13.5 Å². The molecule has 15 heavy (non-hydrogen) atoms. The SMILES string of the molecule is CCn1ncnc1-c1nc[nH]c1C(=O)O. The fraction of sp³-hybridized carbons (Fsp3) is 0.250. The van der Waals surface area contributed by atoms with Crippen LogP contribution >= 0.6 is 0 Å². The van der Waals surface area contributed by atoms with Gasteiger partial charge in [0.1, 0.15) is 12.0 Å². The zero-order valence-electron chi connectivity index (χ0n) is 8.01. The first-order chi connectivity index (χ1) is 7.24. The van der Waals surface area contributed by atoms with E-state index >= 15 is 0 Å². The number of hydrogen-bond acceptors (Lipinski definition) is 4. The minimum atomic E-state index is -1.06. The fourth-order valence-electron chi connectivity index (χ4n) is 1.31. The van der Waals surface area contributed by atoms with Gasteiger partial charge in [-0.15, -0.1) is 0 Å². The molecule has 0 bridgehead atoms. The monoisotopic (exact) mass is 207 g/mol. The summed E-state index contributed by atoms with van der Waals surface area (Å²) in [6, 6.07) is 0. The maximum Gasteiger partial charge on any atom is 0.354 e. The van der Waals surface area contributed by atoms with Gasteiger partial charge in [-0.3, -0.25) is 0 Å². The van der Waals surface area contributed by atoms with Gasteiger partial charge in [-0.2, -0.15) is 5.10 Å². The number of aromatic carboxylic acids is 1. The molecule has 0 saturated carbocycles. The van der Waals surface area contributed by atoms with Crippen molar-refractivity contribution in [1.29, 1.82) is 0 Å². The van der Waals surface area contributed by atoms with E-state index in [0.717, 1.165) is 0 Å². The zero-order chi connectivity index (χ0) is 10.8. The van der Waals surface area contributed by atoms with Crippen LogP contribution in [0, 0.1) is 0 Å². The Morgan fingerprint density at radius 1 is 1.60 bits per heavy atom. The molecule has 0 aliphatic carbocycles. The number of hydrogen-bond donors (Lipinski definition) is 2. The first-order valence-corrected chi connectivity index (χ1v) is 4.39. The highest BCUT2D eigenvalue weighted by Gasteiger charge is 2.18. The molecule has 0 aliphatic rings. The van der Waals surface area contributed by atoms with Crippen molar-refractivity contribution in [1.82, 2.24) is 24.7 Å². The Morgan fingerprint density at radius 3 is 3.07 bits per heavy atom. The lowest BCUT2D eigenvalue weighted by atomic mass is 10.3. The van der Waals surface area contributed by atoms with Crippen molar-refractivity contribution >= 4 is 5.97 Å². The van der Waals surface area contributed by atoms with E-state index in [0.29, 0.717) is 18.1 Å². The number of aromatic amines is 1. The van der Waals surface area contributed by atoms with E-state index in [4.69, 9.17) is 5.11 Å². The van der Waals surface area contributed by atoms with Gasteiger partial charge in [0.2, 0.25) is 0 Å². The minimum Gasteiger partial charge on any atom is -0.477 e. The minimum absolute atomic E-state index is 0.0256. The van der Waals surface area contributed by atoms with Gasteiger partial charge in [0.05, 0.1) is 6.33 Å². The molecule has 2 aromatic rings. The van der Waals surface area contributed by atoms with Gasteiger partial charge in [-0.25, -0.2) is 19.4 Å².